The maximum absolute atomic E-state index is 11.2. The average Bonchev–Trinajstić information content (AvgIpc) is 2.96. The fraction of sp³-hybridized carbons (Fsp3) is 0.500. The predicted molar refractivity (Wildman–Crippen MR) is 76.9 cm³/mol. The van der Waals surface area contributed by atoms with Crippen LogP contribution in [0.1, 0.15) is 30.1 Å². The van der Waals surface area contributed by atoms with Crippen LogP contribution in [-0.4, -0.2) is 41.8 Å². The molecule has 0 saturated carbocycles. The van der Waals surface area contributed by atoms with Gasteiger partial charge < -0.3 is 14.7 Å². The van der Waals surface area contributed by atoms with Crippen LogP contribution < -0.4 is 4.90 Å². The Morgan fingerprint density at radius 3 is 2.86 bits per heavy atom. The van der Waals surface area contributed by atoms with Crippen LogP contribution in [0.25, 0.3) is 0 Å². The highest BCUT2D eigenvalue weighted by atomic mass is 16.6. The van der Waals surface area contributed by atoms with E-state index < -0.39 is 10.9 Å². The Balaban J connectivity index is 2.33. The van der Waals surface area contributed by atoms with Crippen molar-refractivity contribution in [1.29, 1.82) is 0 Å². The second-order valence-electron chi connectivity index (χ2n) is 4.94. The van der Waals surface area contributed by atoms with E-state index in [1.807, 2.05) is 6.92 Å². The van der Waals surface area contributed by atoms with Crippen molar-refractivity contribution in [1.82, 2.24) is 0 Å². The molecule has 7 heteroatoms. The van der Waals surface area contributed by atoms with Gasteiger partial charge in [-0.3, -0.25) is 10.1 Å². The zero-order valence-electron chi connectivity index (χ0n) is 11.8. The summed E-state index contributed by atoms with van der Waals surface area (Å²) < 4.78 is 5.56. The van der Waals surface area contributed by atoms with Crippen LogP contribution in [0, 0.1) is 10.1 Å². The highest BCUT2D eigenvalue weighted by Gasteiger charge is 2.24. The molecule has 2 rings (SSSR count). The van der Waals surface area contributed by atoms with Crippen molar-refractivity contribution in [3.05, 3.63) is 33.9 Å². The molecule has 0 bridgehead atoms. The summed E-state index contributed by atoms with van der Waals surface area (Å²) in [5.41, 5.74) is 0.291. The molecule has 1 unspecified atom stereocenters. The Hall–Kier alpha value is -2.15. The first kappa shape index (κ1) is 15.2. The molecular formula is C14H18N2O5. The standard InChI is InChI=1S/C14H18N2O5/c1-2-15(9-11-4-3-7-21-11)13-8-10(14(17)18)5-6-12(13)16(19)20/h5-6,8,11H,2-4,7,9H2,1H3,(H,17,18). The summed E-state index contributed by atoms with van der Waals surface area (Å²) in [6.07, 6.45) is 1.95. The third-order valence-electron chi connectivity index (χ3n) is 3.59. The van der Waals surface area contributed by atoms with E-state index >= 15 is 0 Å². The lowest BCUT2D eigenvalue weighted by Gasteiger charge is -2.26. The summed E-state index contributed by atoms with van der Waals surface area (Å²) >= 11 is 0. The maximum Gasteiger partial charge on any atom is 0.335 e. The minimum absolute atomic E-state index is 0.0399. The number of aromatic carboxylic acids is 1. The fourth-order valence-electron chi connectivity index (χ4n) is 2.50. The largest absolute Gasteiger partial charge is 0.478 e. The van der Waals surface area contributed by atoms with E-state index in [0.717, 1.165) is 12.8 Å². The SMILES string of the molecule is CCN(CC1CCCO1)c1cc(C(=O)O)ccc1[N+](=O)[O-]. The summed E-state index contributed by atoms with van der Waals surface area (Å²) in [5, 5.41) is 20.2. The summed E-state index contributed by atoms with van der Waals surface area (Å²) in [7, 11) is 0. The minimum atomic E-state index is -1.10. The molecule has 1 atom stereocenters. The number of nitro groups is 1. The number of nitro benzene ring substituents is 1. The molecule has 1 N–H and O–H groups in total. The van der Waals surface area contributed by atoms with Gasteiger partial charge in [-0.1, -0.05) is 0 Å². The summed E-state index contributed by atoms with van der Waals surface area (Å²) in [4.78, 5) is 23.6. The third-order valence-corrected chi connectivity index (χ3v) is 3.59. The fourth-order valence-corrected chi connectivity index (χ4v) is 2.50. The average molecular weight is 294 g/mol. The van der Waals surface area contributed by atoms with Crippen molar-refractivity contribution in [2.75, 3.05) is 24.6 Å². The van der Waals surface area contributed by atoms with Crippen LogP contribution in [-0.2, 0) is 4.74 Å². The lowest BCUT2D eigenvalue weighted by atomic mass is 10.1. The zero-order chi connectivity index (χ0) is 15.4. The van der Waals surface area contributed by atoms with Crippen LogP contribution in [0.15, 0.2) is 18.2 Å². The first-order valence-electron chi connectivity index (χ1n) is 6.91. The van der Waals surface area contributed by atoms with Gasteiger partial charge in [0.05, 0.1) is 16.6 Å². The quantitative estimate of drug-likeness (QED) is 0.639. The normalized spacial score (nSPS) is 17.7. The monoisotopic (exact) mass is 294 g/mol. The topological polar surface area (TPSA) is 92.9 Å². The van der Waals surface area contributed by atoms with Gasteiger partial charge in [0.25, 0.3) is 5.69 Å². The molecule has 0 amide bonds. The predicted octanol–water partition coefficient (Wildman–Crippen LogP) is 2.30. The number of carboxylic acid groups (broad SMARTS) is 1. The van der Waals surface area contributed by atoms with Crippen LogP contribution >= 0.6 is 0 Å². The first-order chi connectivity index (χ1) is 10.0. The Bertz CT molecular complexity index is 540. The molecule has 1 aliphatic heterocycles. The third kappa shape index (κ3) is 3.49. The van der Waals surface area contributed by atoms with Crippen molar-refractivity contribution >= 4 is 17.3 Å². The van der Waals surface area contributed by atoms with E-state index in [-0.39, 0.29) is 17.4 Å². The van der Waals surface area contributed by atoms with E-state index in [9.17, 15) is 14.9 Å². The van der Waals surface area contributed by atoms with Gasteiger partial charge in [-0.2, -0.15) is 0 Å². The highest BCUT2D eigenvalue weighted by molar-refractivity contribution is 5.90. The number of rotatable bonds is 6. The molecule has 0 radical (unpaired) electrons. The van der Waals surface area contributed by atoms with Gasteiger partial charge in [-0.15, -0.1) is 0 Å². The number of carboxylic acids is 1. The lowest BCUT2D eigenvalue weighted by molar-refractivity contribution is -0.384. The van der Waals surface area contributed by atoms with Gasteiger partial charge in [0.1, 0.15) is 5.69 Å². The Morgan fingerprint density at radius 2 is 2.33 bits per heavy atom. The molecule has 1 aromatic carbocycles. The Morgan fingerprint density at radius 1 is 1.57 bits per heavy atom. The van der Waals surface area contributed by atoms with Gasteiger partial charge >= 0.3 is 5.97 Å². The van der Waals surface area contributed by atoms with Gasteiger partial charge in [0.2, 0.25) is 0 Å². The lowest BCUT2D eigenvalue weighted by Crippen LogP contribution is -2.32. The second-order valence-corrected chi connectivity index (χ2v) is 4.94. The number of nitrogens with zero attached hydrogens (tertiary/aromatic N) is 2. The van der Waals surface area contributed by atoms with E-state index in [1.165, 1.54) is 18.2 Å². The molecular weight excluding hydrogens is 276 g/mol. The van der Waals surface area contributed by atoms with Crippen molar-refractivity contribution < 1.29 is 19.6 Å². The molecule has 0 spiro atoms. The van der Waals surface area contributed by atoms with Gasteiger partial charge in [-0.05, 0) is 31.9 Å². The molecule has 1 aliphatic rings. The Kier molecular flexibility index (Phi) is 4.74. The number of ether oxygens (including phenoxy) is 1. The number of hydrogen-bond donors (Lipinski definition) is 1. The molecule has 7 nitrogen and oxygen atoms in total. The summed E-state index contributed by atoms with van der Waals surface area (Å²) in [6.45, 7) is 3.66. The van der Waals surface area contributed by atoms with Crippen molar-refractivity contribution in [2.45, 2.75) is 25.9 Å². The van der Waals surface area contributed by atoms with Gasteiger partial charge in [-0.25, -0.2) is 4.79 Å². The van der Waals surface area contributed by atoms with Gasteiger partial charge in [0.15, 0.2) is 0 Å². The minimum Gasteiger partial charge on any atom is -0.478 e. The highest BCUT2D eigenvalue weighted by Crippen LogP contribution is 2.30. The van der Waals surface area contributed by atoms with Gasteiger partial charge in [0, 0.05) is 25.8 Å². The summed E-state index contributed by atoms with van der Waals surface area (Å²) in [5.74, 6) is -1.10. The first-order valence-corrected chi connectivity index (χ1v) is 6.91. The number of anilines is 1. The molecule has 1 fully saturated rings. The summed E-state index contributed by atoms with van der Waals surface area (Å²) in [6, 6.07) is 3.86. The second kappa shape index (κ2) is 6.53. The molecule has 1 aromatic rings. The smallest absolute Gasteiger partial charge is 0.335 e. The van der Waals surface area contributed by atoms with Crippen molar-refractivity contribution in [2.24, 2.45) is 0 Å². The number of likely N-dealkylation sites (N-methyl/N-ethyl adjacent to an activating group) is 1. The van der Waals surface area contributed by atoms with E-state index in [1.54, 1.807) is 4.90 Å². The number of benzene rings is 1. The van der Waals surface area contributed by atoms with Crippen LogP contribution in [0.3, 0.4) is 0 Å². The number of carbonyl (C=O) groups is 1. The maximum atomic E-state index is 11.2. The van der Waals surface area contributed by atoms with E-state index in [0.29, 0.717) is 25.4 Å². The molecule has 0 aromatic heterocycles. The Labute approximate surface area is 122 Å². The van der Waals surface area contributed by atoms with E-state index in [2.05, 4.69) is 0 Å². The van der Waals surface area contributed by atoms with E-state index in [4.69, 9.17) is 9.84 Å². The molecule has 0 aliphatic carbocycles. The van der Waals surface area contributed by atoms with Crippen molar-refractivity contribution in [3.63, 3.8) is 0 Å². The molecule has 114 valence electrons. The molecule has 21 heavy (non-hydrogen) atoms. The molecule has 1 saturated heterocycles. The number of hydrogen-bond acceptors (Lipinski definition) is 5. The van der Waals surface area contributed by atoms with Crippen LogP contribution in [0.4, 0.5) is 11.4 Å². The molecule has 1 heterocycles. The van der Waals surface area contributed by atoms with Crippen LogP contribution in [0.2, 0.25) is 0 Å². The zero-order valence-corrected chi connectivity index (χ0v) is 11.8. The van der Waals surface area contributed by atoms with Crippen LogP contribution in [0.5, 0.6) is 0 Å². The van der Waals surface area contributed by atoms with Crippen molar-refractivity contribution in [3.8, 4) is 0 Å².